The Morgan fingerprint density at radius 1 is 1.05 bits per heavy atom. The van der Waals surface area contributed by atoms with Gasteiger partial charge in [0.1, 0.15) is 11.5 Å². The highest BCUT2D eigenvalue weighted by molar-refractivity contribution is 7.13. The number of thiazole rings is 1. The van der Waals surface area contributed by atoms with Crippen LogP contribution in [0.5, 0.6) is 16.7 Å². The minimum atomic E-state index is 0.255. The normalized spacial score (nSPS) is 10.8. The van der Waals surface area contributed by atoms with Crippen LogP contribution in [0.1, 0.15) is 10.6 Å². The molecule has 1 aromatic heterocycles. The smallest absolute Gasteiger partial charge is 0.279 e. The Kier molecular flexibility index (Phi) is 2.87. The molecule has 0 amide bonds. The molecule has 19 heavy (non-hydrogen) atoms. The average molecular weight is 271 g/mol. The summed E-state index contributed by atoms with van der Waals surface area (Å²) >= 11 is 1.54. The fourth-order valence-corrected chi connectivity index (χ4v) is 2.64. The van der Waals surface area contributed by atoms with E-state index in [1.807, 2.05) is 38.1 Å². The largest absolute Gasteiger partial charge is 0.508 e. The zero-order valence-corrected chi connectivity index (χ0v) is 11.5. The van der Waals surface area contributed by atoms with Gasteiger partial charge >= 0.3 is 0 Å². The molecule has 4 heteroatoms. The van der Waals surface area contributed by atoms with Crippen LogP contribution < -0.4 is 4.74 Å². The van der Waals surface area contributed by atoms with Crippen molar-refractivity contribution in [1.29, 1.82) is 0 Å². The Labute approximate surface area is 115 Å². The number of aromatic hydroxyl groups is 1. The van der Waals surface area contributed by atoms with Gasteiger partial charge in [0.2, 0.25) is 0 Å². The molecule has 0 bridgehead atoms. The molecular weight excluding hydrogens is 258 g/mol. The molecule has 0 radical (unpaired) electrons. The number of aryl methyl sites for hydroxylation is 2. The summed E-state index contributed by atoms with van der Waals surface area (Å²) < 4.78 is 5.75. The molecule has 1 heterocycles. The minimum absolute atomic E-state index is 0.255. The summed E-state index contributed by atoms with van der Waals surface area (Å²) in [5.74, 6) is 0.984. The number of phenols is 1. The molecule has 0 saturated heterocycles. The molecule has 1 N–H and O–H groups in total. The van der Waals surface area contributed by atoms with Crippen LogP contribution >= 0.6 is 11.3 Å². The summed E-state index contributed by atoms with van der Waals surface area (Å²) in [4.78, 5) is 5.51. The summed E-state index contributed by atoms with van der Waals surface area (Å²) in [5, 5.41) is 12.2. The molecule has 0 fully saturated rings. The third-order valence-electron chi connectivity index (χ3n) is 3.01. The standard InChI is InChI=1S/C15H13NO2S/c1-9-10(2)19-15(16-9)18-14-6-4-11-3-5-13(17)7-12(11)8-14/h3-8,17H,1-2H3. The lowest BCUT2D eigenvalue weighted by atomic mass is 10.1. The van der Waals surface area contributed by atoms with Gasteiger partial charge in [-0.3, -0.25) is 0 Å². The number of nitrogens with zero attached hydrogens (tertiary/aromatic N) is 1. The molecular formula is C15H13NO2S. The summed E-state index contributed by atoms with van der Waals surface area (Å²) in [5.41, 5.74) is 0.999. The zero-order chi connectivity index (χ0) is 13.4. The second-order valence-corrected chi connectivity index (χ2v) is 5.58. The number of hydrogen-bond donors (Lipinski definition) is 1. The fourth-order valence-electron chi connectivity index (χ4n) is 1.86. The van der Waals surface area contributed by atoms with Gasteiger partial charge in [0.05, 0.1) is 5.69 Å². The van der Waals surface area contributed by atoms with Crippen molar-refractivity contribution in [3.8, 4) is 16.7 Å². The molecule has 0 unspecified atom stereocenters. The highest BCUT2D eigenvalue weighted by Crippen LogP contribution is 2.31. The van der Waals surface area contributed by atoms with E-state index in [0.717, 1.165) is 27.1 Å². The van der Waals surface area contributed by atoms with E-state index in [4.69, 9.17) is 4.74 Å². The first kappa shape index (κ1) is 12.0. The number of fused-ring (bicyclic) bond motifs is 1. The van der Waals surface area contributed by atoms with Gasteiger partial charge in [-0.15, -0.1) is 0 Å². The van der Waals surface area contributed by atoms with E-state index in [1.165, 1.54) is 11.3 Å². The van der Waals surface area contributed by atoms with E-state index in [-0.39, 0.29) is 5.75 Å². The number of rotatable bonds is 2. The van der Waals surface area contributed by atoms with Crippen LogP contribution in [0.3, 0.4) is 0 Å². The Morgan fingerprint density at radius 3 is 2.58 bits per heavy atom. The van der Waals surface area contributed by atoms with Crippen molar-refractivity contribution in [2.75, 3.05) is 0 Å². The highest BCUT2D eigenvalue weighted by atomic mass is 32.1. The van der Waals surface area contributed by atoms with Crippen molar-refractivity contribution in [2.45, 2.75) is 13.8 Å². The van der Waals surface area contributed by atoms with Crippen molar-refractivity contribution in [3.05, 3.63) is 47.0 Å². The van der Waals surface area contributed by atoms with Gasteiger partial charge < -0.3 is 9.84 Å². The van der Waals surface area contributed by atoms with Crippen LogP contribution in [0.15, 0.2) is 36.4 Å². The van der Waals surface area contributed by atoms with Crippen molar-refractivity contribution in [1.82, 2.24) is 4.98 Å². The van der Waals surface area contributed by atoms with Crippen LogP contribution in [0.4, 0.5) is 0 Å². The fraction of sp³-hybridized carbons (Fsp3) is 0.133. The van der Waals surface area contributed by atoms with Gasteiger partial charge in [-0.1, -0.05) is 23.5 Å². The van der Waals surface area contributed by atoms with Crippen molar-refractivity contribution < 1.29 is 9.84 Å². The molecule has 0 saturated carbocycles. The van der Waals surface area contributed by atoms with Gasteiger partial charge in [-0.2, -0.15) is 0 Å². The first-order valence-electron chi connectivity index (χ1n) is 5.96. The Balaban J connectivity index is 1.96. The molecule has 3 rings (SSSR count). The predicted octanol–water partition coefficient (Wildman–Crippen LogP) is 4.41. The lowest BCUT2D eigenvalue weighted by Gasteiger charge is -2.04. The number of hydrogen-bond acceptors (Lipinski definition) is 4. The summed E-state index contributed by atoms with van der Waals surface area (Å²) in [6, 6.07) is 11.1. The lowest BCUT2D eigenvalue weighted by molar-refractivity contribution is 0.475. The van der Waals surface area contributed by atoms with Crippen molar-refractivity contribution in [2.24, 2.45) is 0 Å². The third-order valence-corrected chi connectivity index (χ3v) is 3.96. The molecule has 96 valence electrons. The molecule has 0 aliphatic heterocycles. The molecule has 0 atom stereocenters. The maximum Gasteiger partial charge on any atom is 0.279 e. The molecule has 0 aliphatic carbocycles. The monoisotopic (exact) mass is 271 g/mol. The van der Waals surface area contributed by atoms with Crippen LogP contribution in [0, 0.1) is 13.8 Å². The lowest BCUT2D eigenvalue weighted by Crippen LogP contribution is -1.83. The average Bonchev–Trinajstić information content (AvgIpc) is 2.67. The molecule has 3 aromatic rings. The second-order valence-electron chi connectivity index (χ2n) is 4.42. The van der Waals surface area contributed by atoms with Gasteiger partial charge in [0.25, 0.3) is 5.19 Å². The minimum Gasteiger partial charge on any atom is -0.508 e. The summed E-state index contributed by atoms with van der Waals surface area (Å²) in [7, 11) is 0. The topological polar surface area (TPSA) is 42.4 Å². The number of ether oxygens (including phenoxy) is 1. The molecule has 2 aromatic carbocycles. The van der Waals surface area contributed by atoms with Crippen LogP contribution in [0.25, 0.3) is 10.8 Å². The SMILES string of the molecule is Cc1nc(Oc2ccc3ccc(O)cc3c2)sc1C. The summed E-state index contributed by atoms with van der Waals surface area (Å²) in [6.45, 7) is 4.00. The maximum atomic E-state index is 9.50. The van der Waals surface area contributed by atoms with Gasteiger partial charge in [-0.05, 0) is 48.9 Å². The number of phenolic OH excluding ortho intramolecular Hbond substituents is 1. The van der Waals surface area contributed by atoms with Gasteiger partial charge in [-0.25, -0.2) is 4.98 Å². The summed E-state index contributed by atoms with van der Waals surface area (Å²) in [6.07, 6.45) is 0. The van der Waals surface area contributed by atoms with Crippen LogP contribution in [-0.4, -0.2) is 10.1 Å². The highest BCUT2D eigenvalue weighted by Gasteiger charge is 2.06. The first-order chi connectivity index (χ1) is 9.11. The molecule has 0 aliphatic rings. The first-order valence-corrected chi connectivity index (χ1v) is 6.78. The van der Waals surface area contributed by atoms with Crippen LogP contribution in [-0.2, 0) is 0 Å². The van der Waals surface area contributed by atoms with Gasteiger partial charge in [0, 0.05) is 4.88 Å². The van der Waals surface area contributed by atoms with Gasteiger partial charge in [0.15, 0.2) is 0 Å². The Bertz CT molecular complexity index is 729. The Morgan fingerprint density at radius 2 is 1.84 bits per heavy atom. The van der Waals surface area contributed by atoms with Crippen LogP contribution in [0.2, 0.25) is 0 Å². The van der Waals surface area contributed by atoms with E-state index in [1.54, 1.807) is 12.1 Å². The Hall–Kier alpha value is -2.07. The predicted molar refractivity (Wildman–Crippen MR) is 77.3 cm³/mol. The second kappa shape index (κ2) is 4.55. The van der Waals surface area contributed by atoms with E-state index in [9.17, 15) is 5.11 Å². The zero-order valence-electron chi connectivity index (χ0n) is 10.7. The van der Waals surface area contributed by atoms with E-state index in [2.05, 4.69) is 4.98 Å². The van der Waals surface area contributed by atoms with Crippen molar-refractivity contribution in [3.63, 3.8) is 0 Å². The van der Waals surface area contributed by atoms with Crippen molar-refractivity contribution >= 4 is 22.1 Å². The quantitative estimate of drug-likeness (QED) is 0.750. The van der Waals surface area contributed by atoms with E-state index in [0.29, 0.717) is 5.19 Å². The number of aromatic nitrogens is 1. The maximum absolute atomic E-state index is 9.50. The van der Waals surface area contributed by atoms with E-state index >= 15 is 0 Å². The molecule has 3 nitrogen and oxygen atoms in total. The number of benzene rings is 2. The molecule has 0 spiro atoms. The van der Waals surface area contributed by atoms with E-state index < -0.39 is 0 Å². The third kappa shape index (κ3) is 2.39.